The maximum atomic E-state index is 13.9. The van der Waals surface area contributed by atoms with Gasteiger partial charge in [-0.25, -0.2) is 4.39 Å². The van der Waals surface area contributed by atoms with Crippen LogP contribution in [0.15, 0.2) is 54.6 Å². The van der Waals surface area contributed by atoms with Crippen molar-refractivity contribution < 1.29 is 9.18 Å². The van der Waals surface area contributed by atoms with Gasteiger partial charge in [-0.3, -0.25) is 4.79 Å². The van der Waals surface area contributed by atoms with Crippen molar-refractivity contribution in [2.24, 2.45) is 5.92 Å². The van der Waals surface area contributed by atoms with E-state index in [4.69, 9.17) is 0 Å². The second-order valence-corrected chi connectivity index (χ2v) is 6.24. The van der Waals surface area contributed by atoms with Gasteiger partial charge in [0.25, 0.3) is 0 Å². The van der Waals surface area contributed by atoms with Crippen LogP contribution in [0.5, 0.6) is 0 Å². The Bertz CT molecular complexity index is 639. The lowest BCUT2D eigenvalue weighted by Crippen LogP contribution is -2.40. The Hall–Kier alpha value is -2.16. The summed E-state index contributed by atoms with van der Waals surface area (Å²) in [6.07, 6.45) is 0.695. The van der Waals surface area contributed by atoms with Gasteiger partial charge in [-0.05, 0) is 31.9 Å². The van der Waals surface area contributed by atoms with Gasteiger partial charge < -0.3 is 4.90 Å². The van der Waals surface area contributed by atoms with Gasteiger partial charge in [-0.15, -0.1) is 0 Å². The molecule has 0 saturated carbocycles. The van der Waals surface area contributed by atoms with E-state index in [1.807, 2.05) is 51.1 Å². The van der Waals surface area contributed by atoms with Crippen molar-refractivity contribution in [3.05, 3.63) is 71.5 Å². The van der Waals surface area contributed by atoms with E-state index in [-0.39, 0.29) is 23.7 Å². The van der Waals surface area contributed by atoms with Crippen LogP contribution in [0.2, 0.25) is 0 Å². The van der Waals surface area contributed by atoms with Gasteiger partial charge in [0.2, 0.25) is 5.91 Å². The molecule has 0 heterocycles. The second kappa shape index (κ2) is 7.91. The van der Waals surface area contributed by atoms with Crippen molar-refractivity contribution in [3.63, 3.8) is 0 Å². The van der Waals surface area contributed by atoms with E-state index < -0.39 is 0 Å². The average Bonchev–Trinajstić information content (AvgIpc) is 2.54. The van der Waals surface area contributed by atoms with E-state index in [9.17, 15) is 9.18 Å². The molecule has 23 heavy (non-hydrogen) atoms. The molecule has 122 valence electrons. The number of halogens is 1. The Kier molecular flexibility index (Phi) is 5.91. The molecule has 0 saturated heterocycles. The molecule has 0 aromatic heterocycles. The van der Waals surface area contributed by atoms with Gasteiger partial charge in [0.05, 0.1) is 0 Å². The molecule has 2 aromatic rings. The number of hydrogen-bond donors (Lipinski definition) is 0. The lowest BCUT2D eigenvalue weighted by atomic mass is 9.99. The summed E-state index contributed by atoms with van der Waals surface area (Å²) in [6, 6.07) is 16.6. The van der Waals surface area contributed by atoms with Crippen molar-refractivity contribution in [2.45, 2.75) is 39.8 Å². The number of carbonyl (C=O) groups excluding carboxylic acids is 1. The highest BCUT2D eigenvalue weighted by molar-refractivity contribution is 5.79. The molecule has 0 aliphatic carbocycles. The van der Waals surface area contributed by atoms with Crippen molar-refractivity contribution in [1.29, 1.82) is 0 Å². The third-order valence-corrected chi connectivity index (χ3v) is 4.01. The standard InChI is InChI=1S/C20H24FNO/c1-15(2)22(14-18-11-7-8-12-19(18)21)20(23)16(3)13-17-9-5-4-6-10-17/h4-12,15-16H,13-14H2,1-3H3/t16-/m0/s1. The minimum absolute atomic E-state index is 0.0281. The molecule has 2 aromatic carbocycles. The molecule has 3 heteroatoms. The molecular formula is C20H24FNO. The van der Waals surface area contributed by atoms with Crippen LogP contribution >= 0.6 is 0 Å². The van der Waals surface area contributed by atoms with Crippen molar-refractivity contribution >= 4 is 5.91 Å². The Balaban J connectivity index is 2.10. The molecule has 0 aliphatic rings. The monoisotopic (exact) mass is 313 g/mol. The number of nitrogens with zero attached hydrogens (tertiary/aromatic N) is 1. The van der Waals surface area contributed by atoms with Crippen molar-refractivity contribution in [2.75, 3.05) is 0 Å². The van der Waals surface area contributed by atoms with Gasteiger partial charge in [0, 0.05) is 24.1 Å². The van der Waals surface area contributed by atoms with Gasteiger partial charge in [0.15, 0.2) is 0 Å². The molecule has 0 spiro atoms. The van der Waals surface area contributed by atoms with Gasteiger partial charge in [-0.1, -0.05) is 55.5 Å². The summed E-state index contributed by atoms with van der Waals surface area (Å²) in [4.78, 5) is 14.6. The summed E-state index contributed by atoms with van der Waals surface area (Å²) in [5.74, 6) is -0.333. The van der Waals surface area contributed by atoms with Crippen LogP contribution in [-0.4, -0.2) is 16.8 Å². The van der Waals surface area contributed by atoms with Crippen LogP contribution in [-0.2, 0) is 17.8 Å². The largest absolute Gasteiger partial charge is 0.336 e. The van der Waals surface area contributed by atoms with Crippen LogP contribution in [0.4, 0.5) is 4.39 Å². The van der Waals surface area contributed by atoms with E-state index >= 15 is 0 Å². The van der Waals surface area contributed by atoms with E-state index in [2.05, 4.69) is 0 Å². The minimum Gasteiger partial charge on any atom is -0.336 e. The van der Waals surface area contributed by atoms with Crippen molar-refractivity contribution in [1.82, 2.24) is 4.90 Å². The fourth-order valence-corrected chi connectivity index (χ4v) is 2.66. The van der Waals surface area contributed by atoms with Crippen LogP contribution < -0.4 is 0 Å². The maximum Gasteiger partial charge on any atom is 0.226 e. The lowest BCUT2D eigenvalue weighted by molar-refractivity contribution is -0.137. The van der Waals surface area contributed by atoms with Crippen LogP contribution in [0, 0.1) is 11.7 Å². The van der Waals surface area contributed by atoms with E-state index in [1.165, 1.54) is 6.07 Å². The van der Waals surface area contributed by atoms with Crippen LogP contribution in [0.25, 0.3) is 0 Å². The summed E-state index contributed by atoms with van der Waals surface area (Å²) >= 11 is 0. The zero-order valence-electron chi connectivity index (χ0n) is 14.0. The highest BCUT2D eigenvalue weighted by Crippen LogP contribution is 2.17. The van der Waals surface area contributed by atoms with Gasteiger partial charge >= 0.3 is 0 Å². The van der Waals surface area contributed by atoms with E-state index in [0.717, 1.165) is 5.56 Å². The Morgan fingerprint density at radius 1 is 1.00 bits per heavy atom. The summed E-state index contributed by atoms with van der Waals surface area (Å²) < 4.78 is 13.9. The molecule has 0 N–H and O–H groups in total. The average molecular weight is 313 g/mol. The summed E-state index contributed by atoms with van der Waals surface area (Å²) in [6.45, 7) is 6.18. The number of hydrogen-bond acceptors (Lipinski definition) is 1. The first-order valence-electron chi connectivity index (χ1n) is 8.07. The smallest absolute Gasteiger partial charge is 0.226 e. The van der Waals surface area contributed by atoms with Gasteiger partial charge in [0.1, 0.15) is 5.82 Å². The fourth-order valence-electron chi connectivity index (χ4n) is 2.66. The Morgan fingerprint density at radius 2 is 1.61 bits per heavy atom. The number of rotatable bonds is 6. The molecule has 0 unspecified atom stereocenters. The predicted octanol–water partition coefficient (Wildman–Crippen LogP) is 4.44. The molecule has 1 atom stereocenters. The van der Waals surface area contributed by atoms with E-state index in [0.29, 0.717) is 18.5 Å². The zero-order valence-corrected chi connectivity index (χ0v) is 14.0. The molecule has 0 aliphatic heterocycles. The molecule has 1 amide bonds. The first-order valence-corrected chi connectivity index (χ1v) is 8.07. The molecule has 0 fully saturated rings. The first-order chi connectivity index (χ1) is 11.0. The Morgan fingerprint density at radius 3 is 2.22 bits per heavy atom. The van der Waals surface area contributed by atoms with Crippen LogP contribution in [0.3, 0.4) is 0 Å². The zero-order chi connectivity index (χ0) is 16.8. The first kappa shape index (κ1) is 17.2. The molecule has 0 radical (unpaired) electrons. The Labute approximate surface area is 137 Å². The summed E-state index contributed by atoms with van der Waals surface area (Å²) in [7, 11) is 0. The number of amides is 1. The third-order valence-electron chi connectivity index (χ3n) is 4.01. The summed E-state index contributed by atoms with van der Waals surface area (Å²) in [5, 5.41) is 0. The van der Waals surface area contributed by atoms with Crippen molar-refractivity contribution in [3.8, 4) is 0 Å². The highest BCUT2D eigenvalue weighted by Gasteiger charge is 2.24. The SMILES string of the molecule is CC(C)N(Cc1ccccc1F)C(=O)[C@@H](C)Cc1ccccc1. The normalized spacial score (nSPS) is 12.2. The van der Waals surface area contributed by atoms with Crippen LogP contribution in [0.1, 0.15) is 31.9 Å². The predicted molar refractivity (Wildman–Crippen MR) is 91.4 cm³/mol. The second-order valence-electron chi connectivity index (χ2n) is 6.24. The maximum absolute atomic E-state index is 13.9. The van der Waals surface area contributed by atoms with E-state index in [1.54, 1.807) is 23.1 Å². The molecule has 0 bridgehead atoms. The quantitative estimate of drug-likeness (QED) is 0.772. The molecular weight excluding hydrogens is 289 g/mol. The minimum atomic E-state index is -0.262. The molecule has 2 nitrogen and oxygen atoms in total. The lowest BCUT2D eigenvalue weighted by Gasteiger charge is -2.30. The number of benzene rings is 2. The molecule has 2 rings (SSSR count). The van der Waals surface area contributed by atoms with Gasteiger partial charge in [-0.2, -0.15) is 0 Å². The third kappa shape index (κ3) is 4.65. The number of carbonyl (C=O) groups is 1. The fraction of sp³-hybridized carbons (Fsp3) is 0.350. The summed E-state index contributed by atoms with van der Waals surface area (Å²) in [5.41, 5.74) is 1.70. The highest BCUT2D eigenvalue weighted by atomic mass is 19.1. The topological polar surface area (TPSA) is 20.3 Å².